The van der Waals surface area contributed by atoms with Gasteiger partial charge >= 0.3 is 6.03 Å². The average Bonchev–Trinajstić information content (AvgIpc) is 3.23. The monoisotopic (exact) mass is 335 g/mol. The number of amides is 2. The number of anilines is 2. The van der Waals surface area contributed by atoms with Gasteiger partial charge in [0.15, 0.2) is 0 Å². The maximum Gasteiger partial charge on any atom is 0.329 e. The fourth-order valence-electron chi connectivity index (χ4n) is 3.48. The quantitative estimate of drug-likeness (QED) is 0.700. The summed E-state index contributed by atoms with van der Waals surface area (Å²) in [5.41, 5.74) is 3.24. The highest BCUT2D eigenvalue weighted by Gasteiger charge is 2.35. The molecular formula is C19H17N3OS. The molecule has 24 heavy (non-hydrogen) atoms. The maximum absolute atomic E-state index is 13.0. The molecule has 120 valence electrons. The van der Waals surface area contributed by atoms with Gasteiger partial charge < -0.3 is 0 Å². The molecule has 2 amide bonds. The number of hydrogen-bond acceptors (Lipinski definition) is 3. The normalized spacial score (nSPS) is 17.9. The lowest BCUT2D eigenvalue weighted by molar-refractivity contribution is 0.256. The van der Waals surface area contributed by atoms with Crippen molar-refractivity contribution >= 4 is 38.8 Å². The summed E-state index contributed by atoms with van der Waals surface area (Å²) in [7, 11) is 0. The van der Waals surface area contributed by atoms with Gasteiger partial charge in [-0.1, -0.05) is 0 Å². The summed E-state index contributed by atoms with van der Waals surface area (Å²) in [5.74, 6) is 0.604. The van der Waals surface area contributed by atoms with Gasteiger partial charge in [0.2, 0.25) is 0 Å². The molecule has 1 saturated carbocycles. The molecule has 2 aliphatic rings. The number of pyridine rings is 1. The van der Waals surface area contributed by atoms with Gasteiger partial charge in [0.1, 0.15) is 0 Å². The van der Waals surface area contributed by atoms with Crippen LogP contribution in [0.1, 0.15) is 24.3 Å². The highest BCUT2D eigenvalue weighted by Crippen LogP contribution is 2.44. The summed E-state index contributed by atoms with van der Waals surface area (Å²) >= 11 is 1.73. The Morgan fingerprint density at radius 2 is 1.96 bits per heavy atom. The van der Waals surface area contributed by atoms with Gasteiger partial charge in [-0.25, -0.2) is 4.79 Å². The van der Waals surface area contributed by atoms with Crippen LogP contribution < -0.4 is 9.80 Å². The molecule has 0 bridgehead atoms. The van der Waals surface area contributed by atoms with Crippen LogP contribution in [0.5, 0.6) is 0 Å². The van der Waals surface area contributed by atoms with Crippen molar-refractivity contribution in [3.8, 4) is 0 Å². The number of rotatable bonds is 3. The van der Waals surface area contributed by atoms with Crippen molar-refractivity contribution in [3.05, 3.63) is 53.7 Å². The molecule has 1 saturated heterocycles. The molecule has 1 aromatic carbocycles. The highest BCUT2D eigenvalue weighted by molar-refractivity contribution is 7.17. The predicted octanol–water partition coefficient (Wildman–Crippen LogP) is 4.62. The zero-order valence-corrected chi connectivity index (χ0v) is 14.0. The number of carbonyl (C=O) groups excluding carboxylic acids is 1. The molecule has 1 aliphatic carbocycles. The van der Waals surface area contributed by atoms with Gasteiger partial charge in [0, 0.05) is 29.7 Å². The van der Waals surface area contributed by atoms with E-state index in [-0.39, 0.29) is 6.03 Å². The van der Waals surface area contributed by atoms with E-state index in [4.69, 9.17) is 0 Å². The van der Waals surface area contributed by atoms with Crippen molar-refractivity contribution in [1.82, 2.24) is 4.98 Å². The van der Waals surface area contributed by atoms with Crippen molar-refractivity contribution in [1.29, 1.82) is 0 Å². The van der Waals surface area contributed by atoms with Crippen molar-refractivity contribution < 1.29 is 4.79 Å². The molecule has 0 unspecified atom stereocenters. The van der Waals surface area contributed by atoms with Gasteiger partial charge in [-0.3, -0.25) is 14.8 Å². The maximum atomic E-state index is 13.0. The molecule has 0 N–H and O–H groups in total. The molecular weight excluding hydrogens is 318 g/mol. The Morgan fingerprint density at radius 3 is 2.83 bits per heavy atom. The number of thiophene rings is 1. The Morgan fingerprint density at radius 1 is 1.08 bits per heavy atom. The van der Waals surface area contributed by atoms with Crippen LogP contribution in [0.4, 0.5) is 16.2 Å². The van der Waals surface area contributed by atoms with Crippen LogP contribution in [0.3, 0.4) is 0 Å². The smallest absolute Gasteiger partial charge is 0.292 e. The minimum atomic E-state index is 0.0551. The van der Waals surface area contributed by atoms with Crippen LogP contribution in [0.25, 0.3) is 10.1 Å². The highest BCUT2D eigenvalue weighted by atomic mass is 32.1. The molecule has 0 atom stereocenters. The van der Waals surface area contributed by atoms with Crippen LogP contribution in [0, 0.1) is 0 Å². The summed E-state index contributed by atoms with van der Waals surface area (Å²) in [6, 6.07) is 10.5. The van der Waals surface area contributed by atoms with E-state index < -0.39 is 0 Å². The number of carbonyl (C=O) groups is 1. The largest absolute Gasteiger partial charge is 0.329 e. The van der Waals surface area contributed by atoms with Crippen molar-refractivity contribution in [2.75, 3.05) is 22.9 Å². The summed E-state index contributed by atoms with van der Waals surface area (Å²) in [6.45, 7) is 1.43. The number of hydrogen-bond donors (Lipinski definition) is 0. The van der Waals surface area contributed by atoms with Gasteiger partial charge in [-0.05, 0) is 65.4 Å². The van der Waals surface area contributed by atoms with E-state index in [1.165, 1.54) is 28.5 Å². The summed E-state index contributed by atoms with van der Waals surface area (Å²) in [4.78, 5) is 21.0. The summed E-state index contributed by atoms with van der Waals surface area (Å²) in [5, 5.41) is 3.29. The first kappa shape index (κ1) is 14.0. The predicted molar refractivity (Wildman–Crippen MR) is 98.1 cm³/mol. The van der Waals surface area contributed by atoms with Crippen LogP contribution in [0.15, 0.2) is 48.1 Å². The molecule has 1 aliphatic heterocycles. The molecule has 3 aromatic rings. The van der Waals surface area contributed by atoms with Crippen molar-refractivity contribution in [2.24, 2.45) is 0 Å². The minimum Gasteiger partial charge on any atom is -0.292 e. The minimum absolute atomic E-state index is 0.0551. The first-order valence-corrected chi connectivity index (χ1v) is 9.19. The summed E-state index contributed by atoms with van der Waals surface area (Å²) in [6.07, 6.45) is 6.12. The Bertz CT molecular complexity index is 931. The Hall–Kier alpha value is -2.40. The number of benzene rings is 1. The number of fused-ring (bicyclic) bond motifs is 1. The molecule has 0 radical (unpaired) electrons. The number of urea groups is 1. The van der Waals surface area contributed by atoms with Crippen LogP contribution in [0.2, 0.25) is 0 Å². The van der Waals surface area contributed by atoms with Crippen LogP contribution >= 0.6 is 11.3 Å². The standard InChI is InChI=1S/C19H17N3OS/c23-19-21(15-3-4-18-14(11-15)6-10-24-18)8-9-22(19)17-12-20-7-5-16(17)13-1-2-13/h3-7,10-13H,1-2,8-9H2. The van der Waals surface area contributed by atoms with Crippen LogP contribution in [-0.4, -0.2) is 24.1 Å². The third-order valence-electron chi connectivity index (χ3n) is 4.90. The lowest BCUT2D eigenvalue weighted by atomic mass is 10.1. The molecule has 3 heterocycles. The van der Waals surface area contributed by atoms with Crippen molar-refractivity contribution in [3.63, 3.8) is 0 Å². The molecule has 2 aromatic heterocycles. The van der Waals surface area contributed by atoms with E-state index in [1.807, 2.05) is 28.3 Å². The molecule has 4 nitrogen and oxygen atoms in total. The fourth-order valence-corrected chi connectivity index (χ4v) is 4.25. The molecule has 0 spiro atoms. The third kappa shape index (κ3) is 2.19. The SMILES string of the molecule is O=C1N(c2ccc3sccc3c2)CCN1c1cnccc1C1CC1. The van der Waals surface area contributed by atoms with Crippen LogP contribution in [-0.2, 0) is 0 Å². The molecule has 5 rings (SSSR count). The second kappa shape index (κ2) is 5.31. The second-order valence-corrected chi connectivity index (χ2v) is 7.39. The molecule has 2 fully saturated rings. The first-order valence-electron chi connectivity index (χ1n) is 8.31. The van der Waals surface area contributed by atoms with E-state index in [1.54, 1.807) is 11.3 Å². The van der Waals surface area contributed by atoms with E-state index in [9.17, 15) is 4.79 Å². The van der Waals surface area contributed by atoms with Gasteiger partial charge in [0.25, 0.3) is 0 Å². The average molecular weight is 335 g/mol. The van der Waals surface area contributed by atoms with Gasteiger partial charge in [-0.15, -0.1) is 11.3 Å². The zero-order valence-electron chi connectivity index (χ0n) is 13.2. The van der Waals surface area contributed by atoms with E-state index in [0.29, 0.717) is 19.0 Å². The Balaban J connectivity index is 1.48. The van der Waals surface area contributed by atoms with E-state index in [2.05, 4.69) is 34.6 Å². The van der Waals surface area contributed by atoms with Gasteiger partial charge in [0.05, 0.1) is 11.9 Å². The van der Waals surface area contributed by atoms with Crippen molar-refractivity contribution in [2.45, 2.75) is 18.8 Å². The third-order valence-corrected chi connectivity index (χ3v) is 5.80. The topological polar surface area (TPSA) is 36.4 Å². The second-order valence-electron chi connectivity index (χ2n) is 6.44. The van der Waals surface area contributed by atoms with E-state index in [0.717, 1.165) is 11.4 Å². The Labute approximate surface area is 144 Å². The fraction of sp³-hybridized carbons (Fsp3) is 0.263. The molecule has 5 heteroatoms. The lowest BCUT2D eigenvalue weighted by Gasteiger charge is -2.21. The zero-order chi connectivity index (χ0) is 16.1. The Kier molecular flexibility index (Phi) is 3.10. The van der Waals surface area contributed by atoms with E-state index >= 15 is 0 Å². The number of aromatic nitrogens is 1. The lowest BCUT2D eigenvalue weighted by Crippen LogP contribution is -2.32. The van der Waals surface area contributed by atoms with Gasteiger partial charge in [-0.2, -0.15) is 0 Å². The number of nitrogens with zero attached hydrogens (tertiary/aromatic N) is 3. The summed E-state index contributed by atoms with van der Waals surface area (Å²) < 4.78 is 1.26. The first-order chi connectivity index (χ1) is 11.8.